The standard InChI is InChI=1S/C21H15F6N7O/c1-11-3-17(21(25,26)27)33-34(11)18-16(12-7-28-10-29-8-12)9-30-19(32-18)31-14-4-13(20(22,23)24)5-15(6-14)35-2/h3-10H,1-2H3,(H,30,31,32). The summed E-state index contributed by atoms with van der Waals surface area (Å²) < 4.78 is 85.4. The van der Waals surface area contributed by atoms with Gasteiger partial charge in [0.1, 0.15) is 12.1 Å². The second-order valence-electron chi connectivity index (χ2n) is 7.21. The van der Waals surface area contributed by atoms with Crippen molar-refractivity contribution in [3.8, 4) is 22.7 Å². The van der Waals surface area contributed by atoms with Crippen molar-refractivity contribution in [3.05, 3.63) is 66.1 Å². The van der Waals surface area contributed by atoms with Crippen molar-refractivity contribution >= 4 is 11.6 Å². The van der Waals surface area contributed by atoms with Crippen LogP contribution in [0.5, 0.6) is 5.75 Å². The van der Waals surface area contributed by atoms with Gasteiger partial charge in [-0.3, -0.25) is 0 Å². The Bertz CT molecular complexity index is 1350. The molecule has 0 fully saturated rings. The Morgan fingerprint density at radius 3 is 2.23 bits per heavy atom. The van der Waals surface area contributed by atoms with E-state index in [1.54, 1.807) is 0 Å². The van der Waals surface area contributed by atoms with Gasteiger partial charge in [0, 0.05) is 47.2 Å². The molecule has 0 amide bonds. The maximum absolute atomic E-state index is 13.3. The minimum atomic E-state index is -4.70. The van der Waals surface area contributed by atoms with Gasteiger partial charge in [-0.2, -0.15) is 36.4 Å². The van der Waals surface area contributed by atoms with Gasteiger partial charge in [0.25, 0.3) is 0 Å². The second-order valence-corrected chi connectivity index (χ2v) is 7.21. The zero-order valence-electron chi connectivity index (χ0n) is 18.0. The molecule has 4 aromatic rings. The summed E-state index contributed by atoms with van der Waals surface area (Å²) >= 11 is 0. The van der Waals surface area contributed by atoms with E-state index in [-0.39, 0.29) is 34.5 Å². The van der Waals surface area contributed by atoms with Crippen molar-refractivity contribution in [2.75, 3.05) is 12.4 Å². The van der Waals surface area contributed by atoms with Crippen molar-refractivity contribution in [1.82, 2.24) is 29.7 Å². The van der Waals surface area contributed by atoms with Gasteiger partial charge in [-0.25, -0.2) is 19.6 Å². The molecule has 0 aliphatic carbocycles. The van der Waals surface area contributed by atoms with Crippen LogP contribution in [-0.4, -0.2) is 36.8 Å². The normalized spacial score (nSPS) is 12.0. The number of nitrogens with zero attached hydrogens (tertiary/aromatic N) is 6. The van der Waals surface area contributed by atoms with E-state index in [2.05, 4.69) is 30.4 Å². The molecule has 3 aromatic heterocycles. The van der Waals surface area contributed by atoms with Gasteiger partial charge in [-0.05, 0) is 25.1 Å². The summed E-state index contributed by atoms with van der Waals surface area (Å²) in [4.78, 5) is 16.1. The molecule has 1 N–H and O–H groups in total. The number of halogens is 6. The minimum Gasteiger partial charge on any atom is -0.497 e. The quantitative estimate of drug-likeness (QED) is 0.380. The molecule has 0 atom stereocenters. The molecule has 0 aliphatic rings. The van der Waals surface area contributed by atoms with Crippen LogP contribution in [0.2, 0.25) is 0 Å². The zero-order valence-corrected chi connectivity index (χ0v) is 18.0. The predicted molar refractivity (Wildman–Crippen MR) is 111 cm³/mol. The number of methoxy groups -OCH3 is 1. The lowest BCUT2D eigenvalue weighted by atomic mass is 10.1. The van der Waals surface area contributed by atoms with Gasteiger partial charge >= 0.3 is 12.4 Å². The van der Waals surface area contributed by atoms with Crippen LogP contribution in [-0.2, 0) is 12.4 Å². The average molecular weight is 495 g/mol. The van der Waals surface area contributed by atoms with E-state index in [1.165, 1.54) is 45.0 Å². The molecule has 0 unspecified atom stereocenters. The molecule has 0 spiro atoms. The van der Waals surface area contributed by atoms with Gasteiger partial charge in [0.2, 0.25) is 5.95 Å². The molecule has 14 heteroatoms. The van der Waals surface area contributed by atoms with Crippen molar-refractivity contribution in [2.45, 2.75) is 19.3 Å². The van der Waals surface area contributed by atoms with Gasteiger partial charge in [0.15, 0.2) is 11.5 Å². The lowest BCUT2D eigenvalue weighted by Gasteiger charge is -2.14. The summed E-state index contributed by atoms with van der Waals surface area (Å²) in [6.07, 6.45) is -3.99. The van der Waals surface area contributed by atoms with E-state index in [0.717, 1.165) is 22.9 Å². The van der Waals surface area contributed by atoms with Gasteiger partial charge in [-0.1, -0.05) is 0 Å². The summed E-state index contributed by atoms with van der Waals surface area (Å²) in [6.45, 7) is 1.40. The Kier molecular flexibility index (Phi) is 6.05. The van der Waals surface area contributed by atoms with Crippen molar-refractivity contribution < 1.29 is 31.1 Å². The fourth-order valence-corrected chi connectivity index (χ4v) is 3.15. The first kappa shape index (κ1) is 23.9. The van der Waals surface area contributed by atoms with Gasteiger partial charge in [-0.15, -0.1) is 0 Å². The number of benzene rings is 1. The largest absolute Gasteiger partial charge is 0.497 e. The summed E-state index contributed by atoms with van der Waals surface area (Å²) in [5.74, 6) is -0.326. The average Bonchev–Trinajstić information content (AvgIpc) is 3.21. The monoisotopic (exact) mass is 495 g/mol. The number of ether oxygens (including phenoxy) is 1. The maximum Gasteiger partial charge on any atom is 0.435 e. The highest BCUT2D eigenvalue weighted by molar-refractivity contribution is 5.70. The number of aryl methyl sites for hydroxylation is 1. The summed E-state index contributed by atoms with van der Waals surface area (Å²) in [5.41, 5.74) is -1.42. The molecule has 3 heterocycles. The molecule has 0 radical (unpaired) electrons. The number of hydrogen-bond acceptors (Lipinski definition) is 7. The highest BCUT2D eigenvalue weighted by atomic mass is 19.4. The van der Waals surface area contributed by atoms with Crippen LogP contribution in [0.3, 0.4) is 0 Å². The third kappa shape index (κ3) is 5.15. The molecule has 35 heavy (non-hydrogen) atoms. The lowest BCUT2D eigenvalue weighted by molar-refractivity contribution is -0.141. The Morgan fingerprint density at radius 1 is 0.914 bits per heavy atom. The van der Waals surface area contributed by atoms with Crippen molar-refractivity contribution in [2.24, 2.45) is 0 Å². The Morgan fingerprint density at radius 2 is 1.63 bits per heavy atom. The van der Waals surface area contributed by atoms with Gasteiger partial charge < -0.3 is 10.1 Å². The van der Waals surface area contributed by atoms with E-state index in [1.807, 2.05) is 0 Å². The Hall–Kier alpha value is -4.23. The molecule has 8 nitrogen and oxygen atoms in total. The van der Waals surface area contributed by atoms with Crippen LogP contribution in [0, 0.1) is 6.92 Å². The first-order chi connectivity index (χ1) is 16.5. The zero-order chi connectivity index (χ0) is 25.4. The third-order valence-corrected chi connectivity index (χ3v) is 4.74. The van der Waals surface area contributed by atoms with Crippen molar-refractivity contribution in [3.63, 3.8) is 0 Å². The van der Waals surface area contributed by atoms with Gasteiger partial charge in [0.05, 0.1) is 12.7 Å². The smallest absolute Gasteiger partial charge is 0.435 e. The first-order valence-corrected chi connectivity index (χ1v) is 9.75. The van der Waals surface area contributed by atoms with Crippen LogP contribution in [0.25, 0.3) is 16.9 Å². The molecule has 0 aliphatic heterocycles. The van der Waals surface area contributed by atoms with E-state index in [9.17, 15) is 26.3 Å². The minimum absolute atomic E-state index is 0.0495. The number of hydrogen-bond donors (Lipinski definition) is 1. The predicted octanol–water partition coefficient (Wildman–Crippen LogP) is 5.22. The number of aromatic nitrogens is 6. The fraction of sp³-hybridized carbons (Fsp3) is 0.190. The van der Waals surface area contributed by atoms with Crippen LogP contribution in [0.15, 0.2) is 49.2 Å². The van der Waals surface area contributed by atoms with E-state index < -0.39 is 23.6 Å². The number of nitrogens with one attached hydrogen (secondary N) is 1. The van der Waals surface area contributed by atoms with E-state index in [4.69, 9.17) is 4.74 Å². The molecule has 0 saturated heterocycles. The first-order valence-electron chi connectivity index (χ1n) is 9.75. The third-order valence-electron chi connectivity index (χ3n) is 4.74. The van der Waals surface area contributed by atoms with Crippen LogP contribution in [0.1, 0.15) is 17.0 Å². The molecule has 1 aromatic carbocycles. The molecular formula is C21H15F6N7O. The SMILES string of the molecule is COc1cc(Nc2ncc(-c3cncnc3)c(-n3nc(C(F)(F)F)cc3C)n2)cc(C(F)(F)F)c1. The van der Waals surface area contributed by atoms with E-state index >= 15 is 0 Å². The number of rotatable bonds is 5. The lowest BCUT2D eigenvalue weighted by Crippen LogP contribution is -2.11. The molecule has 0 saturated carbocycles. The highest BCUT2D eigenvalue weighted by Gasteiger charge is 2.35. The second kappa shape index (κ2) is 8.85. The molecular weight excluding hydrogens is 480 g/mol. The number of alkyl halides is 6. The summed E-state index contributed by atoms with van der Waals surface area (Å²) in [6, 6.07) is 3.78. The fourth-order valence-electron chi connectivity index (χ4n) is 3.15. The van der Waals surface area contributed by atoms with Crippen LogP contribution < -0.4 is 10.1 Å². The molecule has 182 valence electrons. The summed E-state index contributed by atoms with van der Waals surface area (Å²) in [5, 5.41) is 6.26. The highest BCUT2D eigenvalue weighted by Crippen LogP contribution is 2.35. The molecule has 0 bridgehead atoms. The Labute approximate surface area is 193 Å². The van der Waals surface area contributed by atoms with E-state index in [0.29, 0.717) is 5.56 Å². The number of anilines is 2. The Balaban J connectivity index is 1.83. The topological polar surface area (TPSA) is 90.6 Å². The molecule has 4 rings (SSSR count). The maximum atomic E-state index is 13.3. The van der Waals surface area contributed by atoms with Crippen LogP contribution >= 0.6 is 0 Å². The van der Waals surface area contributed by atoms with Crippen LogP contribution in [0.4, 0.5) is 38.0 Å². The van der Waals surface area contributed by atoms with Crippen molar-refractivity contribution in [1.29, 1.82) is 0 Å². The summed E-state index contributed by atoms with van der Waals surface area (Å²) in [7, 11) is 1.21.